The maximum Gasteiger partial charge on any atom is 0.257 e. The Morgan fingerprint density at radius 1 is 1.29 bits per heavy atom. The molecule has 0 saturated heterocycles. The second-order valence-electron chi connectivity index (χ2n) is 4.51. The van der Waals surface area contributed by atoms with Crippen LogP contribution in [0.3, 0.4) is 0 Å². The molecule has 112 valence electrons. The van der Waals surface area contributed by atoms with E-state index in [0.29, 0.717) is 13.0 Å². The zero-order valence-electron chi connectivity index (χ0n) is 11.2. The first-order valence-electron chi connectivity index (χ1n) is 6.46. The summed E-state index contributed by atoms with van der Waals surface area (Å²) in [6.45, 7) is 1.15. The van der Waals surface area contributed by atoms with E-state index in [9.17, 15) is 13.6 Å². The number of carbonyl (C=O) groups excluding carboxylic acids is 1. The Balaban J connectivity index is 1.79. The predicted octanol–water partition coefficient (Wildman–Crippen LogP) is 3.13. The number of halogens is 3. The first kappa shape index (κ1) is 15.6. The highest BCUT2D eigenvalue weighted by Crippen LogP contribution is 2.19. The van der Waals surface area contributed by atoms with E-state index in [1.807, 2.05) is 10.8 Å². The summed E-state index contributed by atoms with van der Waals surface area (Å²) in [5, 5.41) is 2.52. The Hall–Kier alpha value is -1.76. The van der Waals surface area contributed by atoms with Gasteiger partial charge in [0.25, 0.3) is 5.91 Å². The van der Waals surface area contributed by atoms with Crippen LogP contribution in [0.15, 0.2) is 35.3 Å². The molecular weight excluding hydrogens is 344 g/mol. The van der Waals surface area contributed by atoms with Crippen molar-refractivity contribution in [2.45, 2.75) is 19.4 Å². The summed E-state index contributed by atoms with van der Waals surface area (Å²) in [6, 6.07) is 2.13. The Bertz CT molecular complexity index is 594. The normalized spacial score (nSPS) is 10.6. The van der Waals surface area contributed by atoms with Gasteiger partial charge in [-0.2, -0.15) is 0 Å². The zero-order valence-corrected chi connectivity index (χ0v) is 12.7. The number of amides is 1. The summed E-state index contributed by atoms with van der Waals surface area (Å²) >= 11 is 2.97. The van der Waals surface area contributed by atoms with E-state index in [4.69, 9.17) is 0 Å². The fraction of sp³-hybridized carbons (Fsp3) is 0.286. The lowest BCUT2D eigenvalue weighted by molar-refractivity contribution is 0.0944. The minimum atomic E-state index is -0.877. The Labute approximate surface area is 129 Å². The lowest BCUT2D eigenvalue weighted by Crippen LogP contribution is -2.26. The Morgan fingerprint density at radius 3 is 2.62 bits per heavy atom. The van der Waals surface area contributed by atoms with Crippen molar-refractivity contribution in [2.75, 3.05) is 6.54 Å². The molecule has 0 unspecified atom stereocenters. The van der Waals surface area contributed by atoms with Gasteiger partial charge in [-0.3, -0.25) is 4.79 Å². The number of unbranched alkanes of at least 4 members (excludes halogenated alkanes) is 1. The molecule has 1 heterocycles. The van der Waals surface area contributed by atoms with Crippen molar-refractivity contribution in [3.05, 3.63) is 52.5 Å². The molecular formula is C14H14BrF2N3O. The standard InChI is InChI=1S/C14H14BrF2N3O/c15-10-7-11(16)13(12(17)8-10)14(21)19-3-1-2-5-20-6-4-18-9-20/h4,6-9H,1-3,5H2,(H,19,21). The van der Waals surface area contributed by atoms with Crippen LogP contribution in [-0.4, -0.2) is 22.0 Å². The molecule has 2 aromatic rings. The third-order valence-electron chi connectivity index (χ3n) is 2.92. The molecule has 0 bridgehead atoms. The highest BCUT2D eigenvalue weighted by Gasteiger charge is 2.17. The van der Waals surface area contributed by atoms with Crippen LogP contribution in [0, 0.1) is 11.6 Å². The number of hydrogen-bond donors (Lipinski definition) is 1. The maximum absolute atomic E-state index is 13.6. The third kappa shape index (κ3) is 4.35. The highest BCUT2D eigenvalue weighted by molar-refractivity contribution is 9.10. The number of imidazole rings is 1. The highest BCUT2D eigenvalue weighted by atomic mass is 79.9. The molecule has 7 heteroatoms. The van der Waals surface area contributed by atoms with Gasteiger partial charge in [0.05, 0.1) is 6.33 Å². The number of aryl methyl sites for hydroxylation is 1. The molecule has 1 aromatic carbocycles. The van der Waals surface area contributed by atoms with Crippen molar-refractivity contribution in [3.63, 3.8) is 0 Å². The molecule has 1 aromatic heterocycles. The molecule has 0 atom stereocenters. The molecule has 0 saturated carbocycles. The van der Waals surface area contributed by atoms with Gasteiger partial charge in [0, 0.05) is 30.0 Å². The molecule has 0 aliphatic carbocycles. The van der Waals surface area contributed by atoms with Gasteiger partial charge < -0.3 is 9.88 Å². The van der Waals surface area contributed by atoms with Gasteiger partial charge in [-0.25, -0.2) is 13.8 Å². The van der Waals surface area contributed by atoms with E-state index in [-0.39, 0.29) is 4.47 Å². The molecule has 1 N–H and O–H groups in total. The van der Waals surface area contributed by atoms with Crippen molar-refractivity contribution >= 4 is 21.8 Å². The van der Waals surface area contributed by atoms with Crippen LogP contribution in [-0.2, 0) is 6.54 Å². The summed E-state index contributed by atoms with van der Waals surface area (Å²) in [5.74, 6) is -2.49. The topological polar surface area (TPSA) is 46.9 Å². The van der Waals surface area contributed by atoms with Crippen molar-refractivity contribution in [2.24, 2.45) is 0 Å². The van der Waals surface area contributed by atoms with Crippen LogP contribution in [0.1, 0.15) is 23.2 Å². The van der Waals surface area contributed by atoms with E-state index < -0.39 is 23.1 Å². The molecule has 0 spiro atoms. The van der Waals surface area contributed by atoms with Gasteiger partial charge in [-0.15, -0.1) is 0 Å². The fourth-order valence-corrected chi connectivity index (χ4v) is 2.29. The molecule has 0 aliphatic heterocycles. The summed E-state index contributed by atoms with van der Waals surface area (Å²) in [7, 11) is 0. The summed E-state index contributed by atoms with van der Waals surface area (Å²) < 4.78 is 29.3. The number of carbonyl (C=O) groups is 1. The van der Waals surface area contributed by atoms with E-state index >= 15 is 0 Å². The molecule has 2 rings (SSSR count). The second-order valence-corrected chi connectivity index (χ2v) is 5.42. The SMILES string of the molecule is O=C(NCCCCn1ccnc1)c1c(F)cc(Br)cc1F. The Kier molecular flexibility index (Phi) is 5.44. The van der Waals surface area contributed by atoms with E-state index in [0.717, 1.165) is 25.1 Å². The third-order valence-corrected chi connectivity index (χ3v) is 3.38. The molecule has 21 heavy (non-hydrogen) atoms. The largest absolute Gasteiger partial charge is 0.352 e. The van der Waals surface area contributed by atoms with Crippen LogP contribution in [0.2, 0.25) is 0 Å². The number of aromatic nitrogens is 2. The predicted molar refractivity (Wildman–Crippen MR) is 77.9 cm³/mol. The van der Waals surface area contributed by atoms with E-state index in [1.165, 1.54) is 0 Å². The van der Waals surface area contributed by atoms with E-state index in [2.05, 4.69) is 26.2 Å². The maximum atomic E-state index is 13.6. The van der Waals surface area contributed by atoms with Gasteiger partial charge >= 0.3 is 0 Å². The average molecular weight is 358 g/mol. The van der Waals surface area contributed by atoms with Crippen molar-refractivity contribution in [1.82, 2.24) is 14.9 Å². The van der Waals surface area contributed by atoms with Gasteiger partial charge in [0.1, 0.15) is 17.2 Å². The monoisotopic (exact) mass is 357 g/mol. The van der Waals surface area contributed by atoms with E-state index in [1.54, 1.807) is 12.5 Å². The summed E-state index contributed by atoms with van der Waals surface area (Å²) in [4.78, 5) is 15.7. The van der Waals surface area contributed by atoms with Crippen molar-refractivity contribution < 1.29 is 13.6 Å². The van der Waals surface area contributed by atoms with Gasteiger partial charge in [0.2, 0.25) is 0 Å². The smallest absolute Gasteiger partial charge is 0.257 e. The summed E-state index contributed by atoms with van der Waals surface area (Å²) in [5.41, 5.74) is -0.548. The molecule has 0 fully saturated rings. The minimum Gasteiger partial charge on any atom is -0.352 e. The first-order chi connectivity index (χ1) is 10.1. The van der Waals surface area contributed by atoms with Gasteiger partial charge in [-0.1, -0.05) is 15.9 Å². The number of nitrogens with one attached hydrogen (secondary N) is 1. The van der Waals surface area contributed by atoms with Crippen molar-refractivity contribution in [1.29, 1.82) is 0 Å². The summed E-state index contributed by atoms with van der Waals surface area (Å²) in [6.07, 6.45) is 6.81. The quantitative estimate of drug-likeness (QED) is 0.807. The van der Waals surface area contributed by atoms with Crippen LogP contribution >= 0.6 is 15.9 Å². The number of nitrogens with zero attached hydrogens (tertiary/aromatic N) is 2. The molecule has 0 radical (unpaired) electrons. The number of rotatable bonds is 6. The van der Waals surface area contributed by atoms with Crippen LogP contribution < -0.4 is 5.32 Å². The Morgan fingerprint density at radius 2 is 2.00 bits per heavy atom. The van der Waals surface area contributed by atoms with Crippen LogP contribution in [0.5, 0.6) is 0 Å². The zero-order chi connectivity index (χ0) is 15.2. The van der Waals surface area contributed by atoms with Gasteiger partial charge in [0.15, 0.2) is 0 Å². The lowest BCUT2D eigenvalue weighted by atomic mass is 10.2. The lowest BCUT2D eigenvalue weighted by Gasteiger charge is -2.08. The van der Waals surface area contributed by atoms with Gasteiger partial charge in [-0.05, 0) is 25.0 Å². The average Bonchev–Trinajstić information content (AvgIpc) is 2.90. The molecule has 0 aliphatic rings. The van der Waals surface area contributed by atoms with Crippen LogP contribution in [0.25, 0.3) is 0 Å². The molecule has 4 nitrogen and oxygen atoms in total. The number of benzene rings is 1. The molecule has 1 amide bonds. The number of hydrogen-bond acceptors (Lipinski definition) is 2. The first-order valence-corrected chi connectivity index (χ1v) is 7.25. The van der Waals surface area contributed by atoms with Crippen molar-refractivity contribution in [3.8, 4) is 0 Å². The van der Waals surface area contributed by atoms with Crippen LogP contribution in [0.4, 0.5) is 8.78 Å². The fourth-order valence-electron chi connectivity index (χ4n) is 1.89. The second kappa shape index (κ2) is 7.31. The minimum absolute atomic E-state index is 0.259.